The van der Waals surface area contributed by atoms with Gasteiger partial charge in [-0.05, 0) is 47.5 Å². The van der Waals surface area contributed by atoms with Gasteiger partial charge in [0, 0.05) is 28.6 Å². The lowest BCUT2D eigenvalue weighted by Gasteiger charge is -2.17. The molecule has 0 fully saturated rings. The molecule has 0 aliphatic rings. The van der Waals surface area contributed by atoms with Crippen molar-refractivity contribution in [3.05, 3.63) is 34.4 Å². The first-order chi connectivity index (χ1) is 6.89. The summed E-state index contributed by atoms with van der Waals surface area (Å²) in [5, 5.41) is 11.1. The molecule has 2 aromatic rings. The Bertz CT molecular complexity index is 508. The smallest absolute Gasteiger partial charge is 0.0840 e. The summed E-state index contributed by atoms with van der Waals surface area (Å²) in [5.74, 6) is 0. The molecule has 2 nitrogen and oxygen atoms in total. The van der Waals surface area contributed by atoms with E-state index in [9.17, 15) is 5.11 Å². The topological polar surface area (TPSA) is 25.2 Å². The Morgan fingerprint density at radius 3 is 2.60 bits per heavy atom. The molecule has 0 saturated heterocycles. The standard InChI is InChI=1S/C12H14BrNO/c1-12(2,15)8-4-5-11-9(6-8)10(13)7-14(11)3/h4-7,15H,1-3H3. The number of hydrogen-bond donors (Lipinski definition) is 1. The summed E-state index contributed by atoms with van der Waals surface area (Å²) in [7, 11) is 2.01. The molecule has 0 saturated carbocycles. The Balaban J connectivity index is 2.71. The Hall–Kier alpha value is -0.800. The zero-order valence-electron chi connectivity index (χ0n) is 9.08. The molecule has 1 N–H and O–H groups in total. The van der Waals surface area contributed by atoms with E-state index in [1.807, 2.05) is 31.4 Å². The first kappa shape index (κ1) is 10.7. The quantitative estimate of drug-likeness (QED) is 0.844. The van der Waals surface area contributed by atoms with Gasteiger partial charge in [-0.15, -0.1) is 0 Å². The Morgan fingerprint density at radius 1 is 1.33 bits per heavy atom. The van der Waals surface area contributed by atoms with Gasteiger partial charge in [0.2, 0.25) is 0 Å². The van der Waals surface area contributed by atoms with Crippen molar-refractivity contribution >= 4 is 26.8 Å². The first-order valence-corrected chi connectivity index (χ1v) is 5.66. The fraction of sp³-hybridized carbons (Fsp3) is 0.333. The maximum absolute atomic E-state index is 9.92. The largest absolute Gasteiger partial charge is 0.386 e. The first-order valence-electron chi connectivity index (χ1n) is 4.87. The van der Waals surface area contributed by atoms with Crippen molar-refractivity contribution in [2.45, 2.75) is 19.4 Å². The van der Waals surface area contributed by atoms with Gasteiger partial charge in [0.25, 0.3) is 0 Å². The van der Waals surface area contributed by atoms with Gasteiger partial charge >= 0.3 is 0 Å². The van der Waals surface area contributed by atoms with Gasteiger partial charge in [0.1, 0.15) is 0 Å². The van der Waals surface area contributed by atoms with E-state index in [4.69, 9.17) is 0 Å². The van der Waals surface area contributed by atoms with Crippen LogP contribution in [0.5, 0.6) is 0 Å². The van der Waals surface area contributed by atoms with E-state index in [0.29, 0.717) is 0 Å². The maximum Gasteiger partial charge on any atom is 0.0840 e. The molecular weight excluding hydrogens is 254 g/mol. The number of rotatable bonds is 1. The van der Waals surface area contributed by atoms with Crippen molar-refractivity contribution in [1.82, 2.24) is 4.57 Å². The van der Waals surface area contributed by atoms with Crippen LogP contribution in [0.15, 0.2) is 28.9 Å². The van der Waals surface area contributed by atoms with Crippen LogP contribution in [0.3, 0.4) is 0 Å². The number of benzene rings is 1. The lowest BCUT2D eigenvalue weighted by atomic mass is 9.97. The predicted molar refractivity (Wildman–Crippen MR) is 65.9 cm³/mol. The Kier molecular flexibility index (Phi) is 2.40. The van der Waals surface area contributed by atoms with Gasteiger partial charge in [0.05, 0.1) is 5.60 Å². The van der Waals surface area contributed by atoms with E-state index in [1.54, 1.807) is 13.8 Å². The van der Waals surface area contributed by atoms with Crippen molar-refractivity contribution in [3.63, 3.8) is 0 Å². The second kappa shape index (κ2) is 3.35. The zero-order chi connectivity index (χ0) is 11.2. The van der Waals surface area contributed by atoms with Gasteiger partial charge in [-0.25, -0.2) is 0 Å². The van der Waals surface area contributed by atoms with Crippen LogP contribution in [-0.4, -0.2) is 9.67 Å². The number of nitrogens with zero attached hydrogens (tertiary/aromatic N) is 1. The van der Waals surface area contributed by atoms with E-state index in [-0.39, 0.29) is 0 Å². The average molecular weight is 268 g/mol. The molecule has 1 heterocycles. The summed E-state index contributed by atoms with van der Waals surface area (Å²) in [6, 6.07) is 6.03. The zero-order valence-corrected chi connectivity index (χ0v) is 10.7. The van der Waals surface area contributed by atoms with Gasteiger partial charge < -0.3 is 9.67 Å². The second-order valence-corrected chi connectivity index (χ2v) is 5.23. The van der Waals surface area contributed by atoms with Crippen molar-refractivity contribution in [2.24, 2.45) is 7.05 Å². The third-order valence-electron chi connectivity index (χ3n) is 2.65. The monoisotopic (exact) mass is 267 g/mol. The minimum absolute atomic E-state index is 0.788. The Morgan fingerprint density at radius 2 is 2.00 bits per heavy atom. The van der Waals surface area contributed by atoms with Gasteiger partial charge in [0.15, 0.2) is 0 Å². The highest BCUT2D eigenvalue weighted by Crippen LogP contribution is 2.29. The predicted octanol–water partition coefficient (Wildman–Crippen LogP) is 3.17. The summed E-state index contributed by atoms with van der Waals surface area (Å²) < 4.78 is 3.12. The van der Waals surface area contributed by atoms with Crippen LogP contribution in [-0.2, 0) is 12.6 Å². The molecule has 0 aliphatic heterocycles. The molecule has 80 valence electrons. The SMILES string of the molecule is Cn1cc(Br)c2cc(C(C)(C)O)ccc21. The summed E-state index contributed by atoms with van der Waals surface area (Å²) in [6.45, 7) is 3.59. The molecule has 0 amide bonds. The molecule has 1 aromatic carbocycles. The molecule has 0 spiro atoms. The van der Waals surface area contributed by atoms with Crippen molar-refractivity contribution in [3.8, 4) is 0 Å². The highest BCUT2D eigenvalue weighted by Gasteiger charge is 2.17. The minimum Gasteiger partial charge on any atom is -0.386 e. The van der Waals surface area contributed by atoms with Gasteiger partial charge in [-0.3, -0.25) is 0 Å². The number of aliphatic hydroxyl groups is 1. The van der Waals surface area contributed by atoms with Crippen LogP contribution >= 0.6 is 15.9 Å². The second-order valence-electron chi connectivity index (χ2n) is 4.38. The van der Waals surface area contributed by atoms with Crippen molar-refractivity contribution < 1.29 is 5.11 Å². The summed E-state index contributed by atoms with van der Waals surface area (Å²) in [4.78, 5) is 0. The average Bonchev–Trinajstić information content (AvgIpc) is 2.41. The minimum atomic E-state index is -0.788. The van der Waals surface area contributed by atoms with E-state index in [0.717, 1.165) is 20.9 Å². The molecule has 3 heteroatoms. The van der Waals surface area contributed by atoms with E-state index >= 15 is 0 Å². The third kappa shape index (κ3) is 1.82. The lowest BCUT2D eigenvalue weighted by Crippen LogP contribution is -2.15. The fourth-order valence-corrected chi connectivity index (χ4v) is 2.35. The molecular formula is C12H14BrNO. The third-order valence-corrected chi connectivity index (χ3v) is 3.28. The lowest BCUT2D eigenvalue weighted by molar-refractivity contribution is 0.0787. The summed E-state index contributed by atoms with van der Waals surface area (Å²) >= 11 is 3.52. The molecule has 1 aromatic heterocycles. The molecule has 2 rings (SSSR count). The number of aromatic nitrogens is 1. The highest BCUT2D eigenvalue weighted by atomic mass is 79.9. The Labute approximate surface area is 97.7 Å². The van der Waals surface area contributed by atoms with Gasteiger partial charge in [-0.1, -0.05) is 6.07 Å². The number of halogens is 1. The van der Waals surface area contributed by atoms with Crippen LogP contribution in [0.2, 0.25) is 0 Å². The molecule has 0 aliphatic carbocycles. The molecule has 0 atom stereocenters. The van der Waals surface area contributed by atoms with Crippen LogP contribution in [0.25, 0.3) is 10.9 Å². The van der Waals surface area contributed by atoms with Crippen molar-refractivity contribution in [2.75, 3.05) is 0 Å². The number of fused-ring (bicyclic) bond motifs is 1. The number of aryl methyl sites for hydroxylation is 1. The highest BCUT2D eigenvalue weighted by molar-refractivity contribution is 9.10. The van der Waals surface area contributed by atoms with E-state index in [1.165, 1.54) is 0 Å². The fourth-order valence-electron chi connectivity index (χ4n) is 1.72. The normalized spacial score (nSPS) is 12.3. The van der Waals surface area contributed by atoms with Crippen molar-refractivity contribution in [1.29, 1.82) is 0 Å². The van der Waals surface area contributed by atoms with E-state index < -0.39 is 5.60 Å². The van der Waals surface area contributed by atoms with Crippen LogP contribution in [0, 0.1) is 0 Å². The summed E-state index contributed by atoms with van der Waals surface area (Å²) in [6.07, 6.45) is 2.03. The molecule has 15 heavy (non-hydrogen) atoms. The maximum atomic E-state index is 9.92. The van der Waals surface area contributed by atoms with E-state index in [2.05, 4.69) is 20.5 Å². The van der Waals surface area contributed by atoms with Crippen LogP contribution in [0.4, 0.5) is 0 Å². The van der Waals surface area contributed by atoms with Crippen LogP contribution < -0.4 is 0 Å². The van der Waals surface area contributed by atoms with Gasteiger partial charge in [-0.2, -0.15) is 0 Å². The molecule has 0 bridgehead atoms. The number of hydrogen-bond acceptors (Lipinski definition) is 1. The molecule has 0 unspecified atom stereocenters. The summed E-state index contributed by atoms with van der Waals surface area (Å²) in [5.41, 5.74) is 1.31. The van der Waals surface area contributed by atoms with Crippen LogP contribution in [0.1, 0.15) is 19.4 Å². The molecule has 0 radical (unpaired) electrons.